The third kappa shape index (κ3) is 3.43. The van der Waals surface area contributed by atoms with Gasteiger partial charge in [-0.25, -0.2) is 4.98 Å². The summed E-state index contributed by atoms with van der Waals surface area (Å²) in [6.07, 6.45) is 5.72. The highest BCUT2D eigenvalue weighted by Gasteiger charge is 2.19. The number of nitrogens with zero attached hydrogens (tertiary/aromatic N) is 2. The molecule has 1 aliphatic rings. The van der Waals surface area contributed by atoms with Crippen molar-refractivity contribution in [1.29, 1.82) is 0 Å². The summed E-state index contributed by atoms with van der Waals surface area (Å²) in [6, 6.07) is 5.04. The molecule has 0 aromatic carbocycles. The van der Waals surface area contributed by atoms with Crippen molar-refractivity contribution in [3.8, 4) is 0 Å². The van der Waals surface area contributed by atoms with Crippen LogP contribution in [0, 0.1) is 0 Å². The summed E-state index contributed by atoms with van der Waals surface area (Å²) in [4.78, 5) is 6.90. The minimum absolute atomic E-state index is 0.732. The van der Waals surface area contributed by atoms with Gasteiger partial charge in [0.15, 0.2) is 0 Å². The van der Waals surface area contributed by atoms with E-state index in [1.54, 1.807) is 0 Å². The first-order valence-electron chi connectivity index (χ1n) is 6.72. The summed E-state index contributed by atoms with van der Waals surface area (Å²) in [6.45, 7) is 7.79. The van der Waals surface area contributed by atoms with E-state index in [1.807, 2.05) is 6.20 Å². The molecule has 0 radical (unpaired) electrons. The molecule has 0 spiro atoms. The number of pyridine rings is 1. The van der Waals surface area contributed by atoms with Crippen LogP contribution in [0.25, 0.3) is 0 Å². The van der Waals surface area contributed by atoms with Crippen molar-refractivity contribution in [3.63, 3.8) is 0 Å². The number of hydrogen-bond acceptors (Lipinski definition) is 3. The number of aromatic nitrogens is 1. The molecule has 0 amide bonds. The molecule has 2 heterocycles. The third-order valence-electron chi connectivity index (χ3n) is 3.46. The Balaban J connectivity index is 1.95. The fourth-order valence-electron chi connectivity index (χ4n) is 2.38. The van der Waals surface area contributed by atoms with E-state index in [0.29, 0.717) is 0 Å². The van der Waals surface area contributed by atoms with Crippen molar-refractivity contribution in [2.45, 2.75) is 45.7 Å². The van der Waals surface area contributed by atoms with E-state index in [4.69, 9.17) is 0 Å². The van der Waals surface area contributed by atoms with Gasteiger partial charge in [-0.3, -0.25) is 4.90 Å². The largest absolute Gasteiger partial charge is 0.370 e. The fourth-order valence-corrected chi connectivity index (χ4v) is 2.38. The van der Waals surface area contributed by atoms with Crippen LogP contribution in [0.4, 0.5) is 5.82 Å². The molecule has 1 N–H and O–H groups in total. The number of rotatable bonds is 5. The van der Waals surface area contributed by atoms with Gasteiger partial charge in [-0.2, -0.15) is 0 Å². The Morgan fingerprint density at radius 1 is 1.53 bits per heavy atom. The number of likely N-dealkylation sites (tertiary alicyclic amines) is 1. The molecule has 1 saturated heterocycles. The molecule has 3 heteroatoms. The van der Waals surface area contributed by atoms with E-state index in [2.05, 4.69) is 41.2 Å². The van der Waals surface area contributed by atoms with Gasteiger partial charge in [-0.1, -0.05) is 6.92 Å². The van der Waals surface area contributed by atoms with E-state index in [1.165, 1.54) is 24.9 Å². The summed E-state index contributed by atoms with van der Waals surface area (Å²) >= 11 is 0. The molecule has 1 aliphatic heterocycles. The molecule has 2 rings (SSSR count). The highest BCUT2D eigenvalue weighted by Crippen LogP contribution is 2.19. The first kappa shape index (κ1) is 12.4. The van der Waals surface area contributed by atoms with Gasteiger partial charge < -0.3 is 5.32 Å². The number of hydrogen-bond donors (Lipinski definition) is 1. The molecule has 1 fully saturated rings. The lowest BCUT2D eigenvalue weighted by molar-refractivity contribution is 0.260. The highest BCUT2D eigenvalue weighted by atomic mass is 15.2. The molecule has 3 nitrogen and oxygen atoms in total. The zero-order valence-corrected chi connectivity index (χ0v) is 10.9. The van der Waals surface area contributed by atoms with Gasteiger partial charge in [0.1, 0.15) is 5.82 Å². The van der Waals surface area contributed by atoms with E-state index in [-0.39, 0.29) is 0 Å². The molecular weight excluding hydrogens is 210 g/mol. The van der Waals surface area contributed by atoms with Gasteiger partial charge in [-0.05, 0) is 50.4 Å². The molecule has 17 heavy (non-hydrogen) atoms. The monoisotopic (exact) mass is 233 g/mol. The van der Waals surface area contributed by atoms with Gasteiger partial charge in [0.05, 0.1) is 0 Å². The van der Waals surface area contributed by atoms with E-state index >= 15 is 0 Å². The average Bonchev–Trinajstić information content (AvgIpc) is 2.73. The molecule has 0 saturated carbocycles. The van der Waals surface area contributed by atoms with Crippen LogP contribution in [0.1, 0.15) is 38.7 Å². The number of anilines is 1. The Morgan fingerprint density at radius 2 is 2.41 bits per heavy atom. The highest BCUT2D eigenvalue weighted by molar-refractivity contribution is 5.37. The standard InChI is InChI=1S/C14H23N3/c1-3-7-15-14-10-13(6-8-16-14)11-17-9-4-5-12(17)2/h6,8,10,12H,3-5,7,9,11H2,1-2H3,(H,15,16). The van der Waals surface area contributed by atoms with Crippen molar-refractivity contribution in [1.82, 2.24) is 9.88 Å². The predicted molar refractivity (Wildman–Crippen MR) is 72.1 cm³/mol. The fraction of sp³-hybridized carbons (Fsp3) is 0.643. The van der Waals surface area contributed by atoms with Crippen LogP contribution < -0.4 is 5.32 Å². The third-order valence-corrected chi connectivity index (χ3v) is 3.46. The van der Waals surface area contributed by atoms with Gasteiger partial charge in [0.25, 0.3) is 0 Å². The Morgan fingerprint density at radius 3 is 3.12 bits per heavy atom. The van der Waals surface area contributed by atoms with Gasteiger partial charge in [0.2, 0.25) is 0 Å². The Bertz CT molecular complexity index is 351. The van der Waals surface area contributed by atoms with Crippen LogP contribution >= 0.6 is 0 Å². The first-order valence-corrected chi connectivity index (χ1v) is 6.72. The summed E-state index contributed by atoms with van der Waals surface area (Å²) in [5.74, 6) is 1.01. The van der Waals surface area contributed by atoms with Crippen LogP contribution in [-0.4, -0.2) is 29.0 Å². The second-order valence-corrected chi connectivity index (χ2v) is 4.94. The molecule has 0 bridgehead atoms. The Kier molecular flexibility index (Phi) is 4.37. The number of nitrogens with one attached hydrogen (secondary N) is 1. The van der Waals surface area contributed by atoms with E-state index in [0.717, 1.165) is 31.4 Å². The summed E-state index contributed by atoms with van der Waals surface area (Å²) in [5.41, 5.74) is 1.37. The zero-order chi connectivity index (χ0) is 12.1. The second-order valence-electron chi connectivity index (χ2n) is 4.94. The van der Waals surface area contributed by atoms with Crippen LogP contribution in [0.3, 0.4) is 0 Å². The smallest absolute Gasteiger partial charge is 0.126 e. The second kappa shape index (κ2) is 6.01. The van der Waals surface area contributed by atoms with E-state index in [9.17, 15) is 0 Å². The van der Waals surface area contributed by atoms with Crippen molar-refractivity contribution < 1.29 is 0 Å². The SMILES string of the molecule is CCCNc1cc(CN2CCCC2C)ccn1. The van der Waals surface area contributed by atoms with E-state index < -0.39 is 0 Å². The van der Waals surface area contributed by atoms with Gasteiger partial charge in [0, 0.05) is 25.3 Å². The summed E-state index contributed by atoms with van der Waals surface area (Å²) in [7, 11) is 0. The molecule has 1 aromatic heterocycles. The molecule has 0 aliphatic carbocycles. The first-order chi connectivity index (χ1) is 8.29. The van der Waals surface area contributed by atoms with Gasteiger partial charge in [-0.15, -0.1) is 0 Å². The van der Waals surface area contributed by atoms with Crippen molar-refractivity contribution in [3.05, 3.63) is 23.9 Å². The molecule has 94 valence electrons. The molecule has 1 unspecified atom stereocenters. The van der Waals surface area contributed by atoms with Crippen molar-refractivity contribution >= 4 is 5.82 Å². The van der Waals surface area contributed by atoms with Gasteiger partial charge >= 0.3 is 0 Å². The maximum Gasteiger partial charge on any atom is 0.126 e. The van der Waals surface area contributed by atoms with Crippen molar-refractivity contribution in [2.75, 3.05) is 18.4 Å². The van der Waals surface area contributed by atoms with Crippen molar-refractivity contribution in [2.24, 2.45) is 0 Å². The lowest BCUT2D eigenvalue weighted by Crippen LogP contribution is -2.26. The topological polar surface area (TPSA) is 28.2 Å². The molecule has 1 atom stereocenters. The minimum Gasteiger partial charge on any atom is -0.370 e. The van der Waals surface area contributed by atoms with Crippen LogP contribution in [0.5, 0.6) is 0 Å². The minimum atomic E-state index is 0.732. The quantitative estimate of drug-likeness (QED) is 0.847. The lowest BCUT2D eigenvalue weighted by atomic mass is 10.2. The maximum atomic E-state index is 4.34. The van der Waals surface area contributed by atoms with Crippen LogP contribution in [-0.2, 0) is 6.54 Å². The van der Waals surface area contributed by atoms with Crippen LogP contribution in [0.15, 0.2) is 18.3 Å². The lowest BCUT2D eigenvalue weighted by Gasteiger charge is -2.21. The summed E-state index contributed by atoms with van der Waals surface area (Å²) < 4.78 is 0. The normalized spacial score (nSPS) is 20.7. The Hall–Kier alpha value is -1.09. The van der Waals surface area contributed by atoms with Crippen LogP contribution in [0.2, 0.25) is 0 Å². The predicted octanol–water partition coefficient (Wildman–Crippen LogP) is 2.89. The Labute approximate surface area is 104 Å². The maximum absolute atomic E-state index is 4.34. The molecule has 1 aromatic rings. The summed E-state index contributed by atoms with van der Waals surface area (Å²) in [5, 5.41) is 3.34. The molecular formula is C14H23N3. The average molecular weight is 233 g/mol. The zero-order valence-electron chi connectivity index (χ0n) is 10.9.